The molecule has 0 saturated heterocycles. The van der Waals surface area contributed by atoms with Crippen LogP contribution in [0, 0.1) is 5.92 Å². The van der Waals surface area contributed by atoms with Gasteiger partial charge in [-0.3, -0.25) is 9.59 Å². The van der Waals surface area contributed by atoms with E-state index in [9.17, 15) is 9.59 Å². The number of esters is 1. The molecule has 1 unspecified atom stereocenters. The summed E-state index contributed by atoms with van der Waals surface area (Å²) in [6.07, 6.45) is 4.30. The van der Waals surface area contributed by atoms with E-state index in [2.05, 4.69) is 6.92 Å². The standard InChI is InChI=1S/C11H20O4.CHCl3/c1-3-5-6-7-8-9(10(12)13)11(14)15-4-2;2-1(3)4/h9H,3-8H2,1-2H3,(H,12,13);1H. The van der Waals surface area contributed by atoms with E-state index in [1.165, 1.54) is 0 Å². The number of hydrogen-bond acceptors (Lipinski definition) is 3. The third-order valence-electron chi connectivity index (χ3n) is 2.22. The van der Waals surface area contributed by atoms with Crippen molar-refractivity contribution >= 4 is 46.7 Å². The largest absolute Gasteiger partial charge is 0.481 e. The summed E-state index contributed by atoms with van der Waals surface area (Å²) in [5, 5.41) is 8.83. The molecule has 0 spiro atoms. The van der Waals surface area contributed by atoms with Crippen LogP contribution in [-0.2, 0) is 14.3 Å². The number of alkyl halides is 3. The molecule has 0 rings (SSSR count). The summed E-state index contributed by atoms with van der Waals surface area (Å²) in [5.41, 5.74) is 0. The lowest BCUT2D eigenvalue weighted by atomic mass is 10.0. The first-order valence-corrected chi connectivity index (χ1v) is 7.49. The highest BCUT2D eigenvalue weighted by molar-refractivity contribution is 6.63. The lowest BCUT2D eigenvalue weighted by molar-refractivity contribution is -0.158. The Morgan fingerprint density at radius 2 is 1.63 bits per heavy atom. The van der Waals surface area contributed by atoms with Gasteiger partial charge in [-0.05, 0) is 13.3 Å². The first-order chi connectivity index (χ1) is 8.86. The quantitative estimate of drug-likeness (QED) is 0.312. The fourth-order valence-corrected chi connectivity index (χ4v) is 1.36. The summed E-state index contributed by atoms with van der Waals surface area (Å²) < 4.78 is 3.95. The van der Waals surface area contributed by atoms with Crippen LogP contribution in [0.1, 0.15) is 46.0 Å². The van der Waals surface area contributed by atoms with E-state index >= 15 is 0 Å². The van der Waals surface area contributed by atoms with Crippen LogP contribution in [0.2, 0.25) is 0 Å². The molecule has 114 valence electrons. The van der Waals surface area contributed by atoms with E-state index in [0.717, 1.165) is 25.7 Å². The Balaban J connectivity index is 0. The van der Waals surface area contributed by atoms with Gasteiger partial charge in [-0.2, -0.15) is 0 Å². The molecule has 0 aliphatic heterocycles. The fraction of sp³-hybridized carbons (Fsp3) is 0.833. The molecule has 4 nitrogen and oxygen atoms in total. The minimum atomic E-state index is -1.08. The second kappa shape index (κ2) is 14.2. The van der Waals surface area contributed by atoms with Gasteiger partial charge >= 0.3 is 11.9 Å². The van der Waals surface area contributed by atoms with Crippen molar-refractivity contribution in [2.45, 2.75) is 50.2 Å². The highest BCUT2D eigenvalue weighted by atomic mass is 35.6. The van der Waals surface area contributed by atoms with Gasteiger partial charge in [0, 0.05) is 0 Å². The van der Waals surface area contributed by atoms with Gasteiger partial charge in [0.05, 0.1) is 6.61 Å². The predicted molar refractivity (Wildman–Crippen MR) is 77.9 cm³/mol. The van der Waals surface area contributed by atoms with Crippen molar-refractivity contribution in [1.29, 1.82) is 0 Å². The average molecular weight is 336 g/mol. The Morgan fingerprint density at radius 1 is 1.11 bits per heavy atom. The van der Waals surface area contributed by atoms with Crippen molar-refractivity contribution in [3.05, 3.63) is 0 Å². The lowest BCUT2D eigenvalue weighted by Gasteiger charge is -2.10. The Labute approximate surface area is 129 Å². The summed E-state index contributed by atoms with van der Waals surface area (Å²) in [6.45, 7) is 3.99. The van der Waals surface area contributed by atoms with Crippen LogP contribution in [0.15, 0.2) is 0 Å². The first-order valence-electron chi connectivity index (χ1n) is 6.18. The molecule has 0 fully saturated rings. The van der Waals surface area contributed by atoms with Crippen LogP contribution < -0.4 is 0 Å². The number of carboxylic acids is 1. The average Bonchev–Trinajstić information content (AvgIpc) is 2.27. The normalized spacial score (nSPS) is 11.5. The highest BCUT2D eigenvalue weighted by Crippen LogP contribution is 2.13. The van der Waals surface area contributed by atoms with Gasteiger partial charge in [-0.15, -0.1) is 0 Å². The van der Waals surface area contributed by atoms with Crippen molar-refractivity contribution in [3.63, 3.8) is 0 Å². The minimum absolute atomic E-state index is 0.234. The zero-order valence-corrected chi connectivity index (χ0v) is 13.5. The number of aliphatic carboxylic acids is 1. The molecule has 0 heterocycles. The number of ether oxygens (including phenoxy) is 1. The Morgan fingerprint density at radius 3 is 2.00 bits per heavy atom. The molecule has 0 amide bonds. The molecule has 7 heteroatoms. The summed E-state index contributed by atoms with van der Waals surface area (Å²) in [4.78, 5) is 22.0. The van der Waals surface area contributed by atoms with Gasteiger partial charge in [-0.1, -0.05) is 67.4 Å². The molecule has 0 saturated carbocycles. The van der Waals surface area contributed by atoms with Crippen molar-refractivity contribution in [2.75, 3.05) is 6.61 Å². The monoisotopic (exact) mass is 334 g/mol. The maximum absolute atomic E-state index is 11.2. The molecule has 19 heavy (non-hydrogen) atoms. The predicted octanol–water partition coefficient (Wildman–Crippen LogP) is 4.21. The molecule has 0 aromatic carbocycles. The van der Waals surface area contributed by atoms with Gasteiger partial charge in [0.2, 0.25) is 0 Å². The van der Waals surface area contributed by atoms with Crippen molar-refractivity contribution in [3.8, 4) is 0 Å². The topological polar surface area (TPSA) is 63.6 Å². The summed E-state index contributed by atoms with van der Waals surface area (Å²) in [7, 11) is 0. The zero-order chi connectivity index (χ0) is 15.3. The van der Waals surface area contributed by atoms with E-state index in [1.54, 1.807) is 6.92 Å². The molecule has 1 N–H and O–H groups in total. The second-order valence-electron chi connectivity index (χ2n) is 3.74. The van der Waals surface area contributed by atoms with Crippen LogP contribution >= 0.6 is 34.8 Å². The van der Waals surface area contributed by atoms with E-state index in [4.69, 9.17) is 44.6 Å². The number of hydrogen-bond donors (Lipinski definition) is 1. The van der Waals surface area contributed by atoms with Gasteiger partial charge in [0.1, 0.15) is 0 Å². The zero-order valence-electron chi connectivity index (χ0n) is 11.2. The Bertz CT molecular complexity index is 244. The summed E-state index contributed by atoms with van der Waals surface area (Å²) >= 11 is 14.4. The van der Waals surface area contributed by atoms with Gasteiger partial charge in [0.25, 0.3) is 0 Å². The Hall–Kier alpha value is -0.190. The van der Waals surface area contributed by atoms with Crippen LogP contribution in [0.4, 0.5) is 0 Å². The van der Waals surface area contributed by atoms with Crippen LogP contribution in [0.25, 0.3) is 0 Å². The number of unbranched alkanes of at least 4 members (excludes halogenated alkanes) is 3. The molecule has 1 atom stereocenters. The summed E-state index contributed by atoms with van der Waals surface area (Å²) in [6, 6.07) is 0. The van der Waals surface area contributed by atoms with Crippen molar-refractivity contribution in [2.24, 2.45) is 5.92 Å². The highest BCUT2D eigenvalue weighted by Gasteiger charge is 2.26. The van der Waals surface area contributed by atoms with Crippen LogP contribution in [0.5, 0.6) is 0 Å². The first kappa shape index (κ1) is 21.1. The molecule has 0 aliphatic rings. The van der Waals surface area contributed by atoms with Crippen LogP contribution in [0.3, 0.4) is 0 Å². The molecule has 0 aliphatic carbocycles. The van der Waals surface area contributed by atoms with Gasteiger partial charge < -0.3 is 9.84 Å². The minimum Gasteiger partial charge on any atom is -0.481 e. The summed E-state index contributed by atoms with van der Waals surface area (Å²) in [5.74, 6) is -2.67. The van der Waals surface area contributed by atoms with E-state index < -0.39 is 22.2 Å². The van der Waals surface area contributed by atoms with Crippen molar-refractivity contribution in [1.82, 2.24) is 0 Å². The third-order valence-corrected chi connectivity index (χ3v) is 2.22. The van der Waals surface area contributed by atoms with E-state index in [-0.39, 0.29) is 6.61 Å². The molecular weight excluding hydrogens is 314 g/mol. The van der Waals surface area contributed by atoms with Gasteiger partial charge in [-0.25, -0.2) is 0 Å². The second-order valence-corrected chi connectivity index (χ2v) is 5.72. The lowest BCUT2D eigenvalue weighted by Crippen LogP contribution is -2.25. The maximum atomic E-state index is 11.2. The van der Waals surface area contributed by atoms with E-state index in [0.29, 0.717) is 6.42 Å². The molecule has 0 radical (unpaired) electrons. The molecular formula is C12H21Cl3O4. The Kier molecular flexibility index (Phi) is 15.8. The van der Waals surface area contributed by atoms with Crippen LogP contribution in [-0.4, -0.2) is 27.9 Å². The SMILES string of the molecule is CCCCCCC(C(=O)O)C(=O)OCC.ClC(Cl)Cl. The van der Waals surface area contributed by atoms with E-state index in [1.807, 2.05) is 0 Å². The molecule has 0 bridgehead atoms. The number of carbonyl (C=O) groups excluding carboxylic acids is 1. The smallest absolute Gasteiger partial charge is 0.320 e. The number of halogens is 3. The number of carboxylic acid groups (broad SMARTS) is 1. The number of carbonyl (C=O) groups is 2. The van der Waals surface area contributed by atoms with Gasteiger partial charge in [0.15, 0.2) is 10.2 Å². The van der Waals surface area contributed by atoms with Crippen molar-refractivity contribution < 1.29 is 19.4 Å². The molecule has 0 aromatic heterocycles. The third kappa shape index (κ3) is 15.8. The maximum Gasteiger partial charge on any atom is 0.320 e. The fourth-order valence-electron chi connectivity index (χ4n) is 1.36. The number of rotatable bonds is 8. The molecule has 0 aromatic rings.